The topological polar surface area (TPSA) is 35.9 Å². The Morgan fingerprint density at radius 2 is 1.28 bits per heavy atom. The first-order chi connectivity index (χ1) is 35.8. The van der Waals surface area contributed by atoms with Crippen molar-refractivity contribution < 1.29 is 37.2 Å². The number of para-hydroxylation sites is 3. The number of ether oxygens (including phenoxy) is 1. The summed E-state index contributed by atoms with van der Waals surface area (Å²) in [6, 6.07) is 56.8. The third kappa shape index (κ3) is 9.05. The first-order valence-corrected chi connectivity index (χ1v) is 23.9. The van der Waals surface area contributed by atoms with Gasteiger partial charge in [0.15, 0.2) is 0 Å². The fourth-order valence-electron chi connectivity index (χ4n) is 9.35. The van der Waals surface area contributed by atoms with Gasteiger partial charge < -0.3 is 13.9 Å². The van der Waals surface area contributed by atoms with Gasteiger partial charge in [0.25, 0.3) is 6.33 Å². The van der Waals surface area contributed by atoms with Crippen LogP contribution in [0.4, 0.5) is 0 Å². The Morgan fingerprint density at radius 1 is 0.592 bits per heavy atom. The van der Waals surface area contributed by atoms with E-state index in [1.807, 2.05) is 88.1 Å². The van der Waals surface area contributed by atoms with Crippen LogP contribution in [-0.4, -0.2) is 14.1 Å². The molecule has 0 fully saturated rings. The number of fused-ring (bicyclic) bond motifs is 4. The summed E-state index contributed by atoms with van der Waals surface area (Å²) in [6.07, 6.45) is 5.54. The minimum Gasteiger partial charge on any atom is -0.510 e. The Hall–Kier alpha value is -7.33. The minimum absolute atomic E-state index is 0. The molecule has 6 heteroatoms. The molecule has 0 aliphatic carbocycles. The molecule has 0 saturated carbocycles. The summed E-state index contributed by atoms with van der Waals surface area (Å²) in [4.78, 5) is 4.89. The van der Waals surface area contributed by atoms with Crippen LogP contribution < -0.4 is 9.30 Å². The third-order valence-corrected chi connectivity index (χ3v) is 13.2. The second-order valence-electron chi connectivity index (χ2n) is 20.4. The van der Waals surface area contributed by atoms with E-state index in [1.165, 1.54) is 5.56 Å². The molecule has 0 radical (unpaired) electrons. The van der Waals surface area contributed by atoms with Crippen LogP contribution in [-0.2, 0) is 31.9 Å². The number of hydrogen-bond donors (Lipinski definition) is 0. The van der Waals surface area contributed by atoms with Crippen LogP contribution in [0.25, 0.3) is 83.4 Å². The molecule has 11 rings (SSSR count). The molecule has 0 bridgehead atoms. The normalized spacial score (nSPS) is 12.9. The number of pyridine rings is 1. The quantitative estimate of drug-likeness (QED) is 0.107. The molecule has 8 aromatic carbocycles. The molecule has 3 aromatic heterocycles. The van der Waals surface area contributed by atoms with Crippen molar-refractivity contribution in [2.75, 3.05) is 0 Å². The van der Waals surface area contributed by atoms with Gasteiger partial charge in [0.05, 0.1) is 23.6 Å². The van der Waals surface area contributed by atoms with Crippen molar-refractivity contribution >= 4 is 32.8 Å². The molecule has 354 valence electrons. The molecule has 71 heavy (non-hydrogen) atoms. The van der Waals surface area contributed by atoms with Gasteiger partial charge in [0.1, 0.15) is 5.82 Å². The Labute approximate surface area is 439 Å². The zero-order chi connectivity index (χ0) is 52.7. The summed E-state index contributed by atoms with van der Waals surface area (Å²) in [5.41, 5.74) is 12.4. The van der Waals surface area contributed by atoms with E-state index in [1.54, 1.807) is 0 Å². The summed E-state index contributed by atoms with van der Waals surface area (Å²) in [5, 5.41) is 2.10. The molecule has 0 aliphatic rings. The molecule has 0 N–H and O–H groups in total. The SMILES string of the molecule is [2H]c1c([2H])c([2H])c(-c2cccc(-c3cc(C(C)(C)C)cc(C(C)(C)C)c3)c2-[n+]2[c-]n(-c3[c-]c(Oc4[c-]c5c(cc4)c4cc(-c6ccccc6)ccc4n5-c4cc(C(C)C)ccn4)ccc3)c3ccccc32)c([2H])c1[2H].[Pt]. The number of benzene rings is 8. The number of hydrogen-bond acceptors (Lipinski definition) is 2. The van der Waals surface area contributed by atoms with Crippen molar-refractivity contribution in [2.45, 2.75) is 72.1 Å². The van der Waals surface area contributed by atoms with E-state index < -0.39 is 18.1 Å². The number of imidazole rings is 1. The van der Waals surface area contributed by atoms with Crippen LogP contribution in [0.5, 0.6) is 11.5 Å². The monoisotopic (exact) mass is 1110 g/mol. The summed E-state index contributed by atoms with van der Waals surface area (Å²) in [7, 11) is 0. The Bertz CT molecular complexity index is 3990. The van der Waals surface area contributed by atoms with E-state index in [-0.39, 0.29) is 49.5 Å². The summed E-state index contributed by atoms with van der Waals surface area (Å²) in [6.45, 7) is 17.6. The van der Waals surface area contributed by atoms with E-state index in [2.05, 4.69) is 157 Å². The molecule has 0 atom stereocenters. The Balaban J connectivity index is 0.00000657. The van der Waals surface area contributed by atoms with Crippen molar-refractivity contribution in [3.63, 3.8) is 0 Å². The fraction of sp³-hybridized carbons (Fsp3) is 0.169. The van der Waals surface area contributed by atoms with Crippen LogP contribution in [0.2, 0.25) is 0 Å². The van der Waals surface area contributed by atoms with Crippen LogP contribution in [0.1, 0.15) is 84.9 Å². The van der Waals surface area contributed by atoms with Crippen LogP contribution in [0, 0.1) is 18.5 Å². The van der Waals surface area contributed by atoms with E-state index in [0.29, 0.717) is 34.4 Å². The number of nitrogens with zero attached hydrogens (tertiary/aromatic N) is 4. The van der Waals surface area contributed by atoms with Crippen molar-refractivity contribution in [3.05, 3.63) is 223 Å². The van der Waals surface area contributed by atoms with Crippen LogP contribution in [0.3, 0.4) is 0 Å². The standard InChI is InChI=1S/C65H56N4O.Pt/c1-43(2)46-33-34-66-62(38-46)69-58-32-29-47(44-19-11-9-12-20-44)37-57(58)56-31-30-53(41-61(56)69)70-52-24-17-23-51(40-52)67-42-68(60-28-16-15-27-59(60)67)63-54(45-21-13-10-14-22-45)25-18-26-55(63)48-35-49(64(3,4)5)39-50(36-48)65(6,7)8;/h9-39,43H,1-8H3;/q-2;/i10D,13D,14D,21D,22D;. The van der Waals surface area contributed by atoms with Gasteiger partial charge in [-0.3, -0.25) is 4.57 Å². The summed E-state index contributed by atoms with van der Waals surface area (Å²) in [5.74, 6) is 2.07. The van der Waals surface area contributed by atoms with Crippen molar-refractivity contribution in [1.29, 1.82) is 0 Å². The van der Waals surface area contributed by atoms with Gasteiger partial charge in [-0.15, -0.1) is 29.7 Å². The predicted octanol–water partition coefficient (Wildman–Crippen LogP) is 16.3. The number of aromatic nitrogens is 4. The molecule has 0 amide bonds. The molecule has 5 nitrogen and oxygen atoms in total. The predicted molar refractivity (Wildman–Crippen MR) is 288 cm³/mol. The second kappa shape index (κ2) is 18.8. The number of rotatable bonds is 9. The van der Waals surface area contributed by atoms with Crippen molar-refractivity contribution in [1.82, 2.24) is 14.1 Å². The van der Waals surface area contributed by atoms with Gasteiger partial charge in [-0.25, -0.2) is 4.98 Å². The molecule has 3 heterocycles. The largest absolute Gasteiger partial charge is 0.510 e. The average Bonchev–Trinajstić information content (AvgIpc) is 3.95. The third-order valence-electron chi connectivity index (χ3n) is 13.2. The Kier molecular flexibility index (Phi) is 11.0. The molecule has 0 saturated heterocycles. The van der Waals surface area contributed by atoms with Gasteiger partial charge in [-0.1, -0.05) is 194 Å². The maximum atomic E-state index is 9.23. The molecule has 0 unspecified atom stereocenters. The molecule has 0 aliphatic heterocycles. The van der Waals surface area contributed by atoms with Gasteiger partial charge in [-0.2, -0.15) is 18.2 Å². The van der Waals surface area contributed by atoms with Gasteiger partial charge in [-0.05, 0) is 96.1 Å². The molecule has 11 aromatic rings. The van der Waals surface area contributed by atoms with Crippen LogP contribution in [0.15, 0.2) is 188 Å². The second-order valence-corrected chi connectivity index (χ2v) is 20.4. The maximum absolute atomic E-state index is 9.23. The molecular formula is C65H56N4OPt-2. The van der Waals surface area contributed by atoms with Crippen molar-refractivity contribution in [3.8, 4) is 62.1 Å². The van der Waals surface area contributed by atoms with Gasteiger partial charge in [0.2, 0.25) is 0 Å². The summed E-state index contributed by atoms with van der Waals surface area (Å²) >= 11 is 0. The van der Waals surface area contributed by atoms with Gasteiger partial charge in [0, 0.05) is 44.3 Å². The van der Waals surface area contributed by atoms with E-state index in [9.17, 15) is 2.74 Å². The minimum atomic E-state index is -0.446. The zero-order valence-corrected chi connectivity index (χ0v) is 43.4. The zero-order valence-electron chi connectivity index (χ0n) is 46.1. The Morgan fingerprint density at radius 3 is 2.01 bits per heavy atom. The van der Waals surface area contributed by atoms with Crippen LogP contribution >= 0.6 is 0 Å². The smallest absolute Gasteiger partial charge is 0.268 e. The first kappa shape index (κ1) is 41.5. The van der Waals surface area contributed by atoms with E-state index in [0.717, 1.165) is 72.0 Å². The molecular weight excluding hydrogens is 1050 g/mol. The first-order valence-electron chi connectivity index (χ1n) is 26.4. The van der Waals surface area contributed by atoms with E-state index in [4.69, 9.17) is 13.8 Å². The fourth-order valence-corrected chi connectivity index (χ4v) is 9.35. The van der Waals surface area contributed by atoms with Crippen molar-refractivity contribution in [2.24, 2.45) is 0 Å². The average molecular weight is 1110 g/mol. The van der Waals surface area contributed by atoms with E-state index >= 15 is 0 Å². The van der Waals surface area contributed by atoms with Gasteiger partial charge >= 0.3 is 0 Å². The maximum Gasteiger partial charge on any atom is 0.268 e. The summed E-state index contributed by atoms with van der Waals surface area (Å²) < 4.78 is 57.2. The molecule has 0 spiro atoms.